The molecule has 0 radical (unpaired) electrons. The second kappa shape index (κ2) is 5.84. The minimum atomic E-state index is -0.677. The van der Waals surface area contributed by atoms with E-state index < -0.39 is 5.97 Å². The van der Waals surface area contributed by atoms with Crippen molar-refractivity contribution < 1.29 is 14.3 Å². The van der Waals surface area contributed by atoms with Crippen LogP contribution >= 0.6 is 23.2 Å². The molecule has 0 unspecified atom stereocenters. The summed E-state index contributed by atoms with van der Waals surface area (Å²) < 4.78 is 4.51. The van der Waals surface area contributed by atoms with Crippen LogP contribution in [0.5, 0.6) is 0 Å². The van der Waals surface area contributed by atoms with E-state index in [2.05, 4.69) is 4.74 Å². The van der Waals surface area contributed by atoms with Crippen LogP contribution in [0.15, 0.2) is 23.8 Å². The number of methoxy groups -OCH3 is 1. The molecule has 0 bridgehead atoms. The number of hydrogen-bond acceptors (Lipinski definition) is 3. The van der Waals surface area contributed by atoms with Gasteiger partial charge < -0.3 is 4.74 Å². The molecular weight excluding hydrogens is 263 g/mol. The number of Topliss-reactive ketones (excluding diaryl/α,β-unsaturated/α-hetero) is 1. The largest absolute Gasteiger partial charge is 0.465 e. The molecule has 0 saturated heterocycles. The fourth-order valence-corrected chi connectivity index (χ4v) is 1.49. The summed E-state index contributed by atoms with van der Waals surface area (Å²) in [4.78, 5) is 22.6. The number of hydrogen-bond donors (Lipinski definition) is 0. The van der Waals surface area contributed by atoms with Crippen LogP contribution in [-0.4, -0.2) is 18.9 Å². The van der Waals surface area contributed by atoms with E-state index in [4.69, 9.17) is 23.2 Å². The van der Waals surface area contributed by atoms with E-state index >= 15 is 0 Å². The Morgan fingerprint density at radius 1 is 1.24 bits per heavy atom. The van der Waals surface area contributed by atoms with Crippen LogP contribution in [0.1, 0.15) is 12.5 Å². The van der Waals surface area contributed by atoms with E-state index in [1.165, 1.54) is 20.1 Å². The minimum absolute atomic E-state index is 0.0362. The van der Waals surface area contributed by atoms with Crippen LogP contribution in [0.3, 0.4) is 0 Å². The molecule has 0 amide bonds. The average molecular weight is 273 g/mol. The molecule has 90 valence electrons. The monoisotopic (exact) mass is 272 g/mol. The van der Waals surface area contributed by atoms with Gasteiger partial charge in [-0.1, -0.05) is 29.3 Å². The van der Waals surface area contributed by atoms with Gasteiger partial charge in [0.2, 0.25) is 0 Å². The molecule has 0 heterocycles. The minimum Gasteiger partial charge on any atom is -0.465 e. The molecule has 1 aromatic carbocycles. The van der Waals surface area contributed by atoms with Crippen LogP contribution in [0, 0.1) is 0 Å². The van der Waals surface area contributed by atoms with Crippen LogP contribution in [0.4, 0.5) is 0 Å². The Morgan fingerprint density at radius 2 is 1.88 bits per heavy atom. The maximum Gasteiger partial charge on any atom is 0.341 e. The lowest BCUT2D eigenvalue weighted by atomic mass is 10.1. The van der Waals surface area contributed by atoms with E-state index in [0.717, 1.165) is 0 Å². The third-order valence-corrected chi connectivity index (χ3v) is 2.78. The summed E-state index contributed by atoms with van der Waals surface area (Å²) in [5.41, 5.74) is 0.570. The number of rotatable bonds is 3. The molecule has 0 spiro atoms. The summed E-state index contributed by atoms with van der Waals surface area (Å²) in [6, 6.07) is 4.81. The number of ether oxygens (including phenoxy) is 1. The molecule has 0 aliphatic heterocycles. The number of halogens is 2. The van der Waals surface area contributed by atoms with Gasteiger partial charge in [0.05, 0.1) is 17.2 Å². The zero-order chi connectivity index (χ0) is 13.0. The van der Waals surface area contributed by atoms with Crippen molar-refractivity contribution in [3.8, 4) is 0 Å². The van der Waals surface area contributed by atoms with Crippen molar-refractivity contribution in [3.63, 3.8) is 0 Å². The highest BCUT2D eigenvalue weighted by Gasteiger charge is 2.14. The van der Waals surface area contributed by atoms with Crippen molar-refractivity contribution in [2.24, 2.45) is 0 Å². The molecule has 17 heavy (non-hydrogen) atoms. The summed E-state index contributed by atoms with van der Waals surface area (Å²) >= 11 is 11.6. The van der Waals surface area contributed by atoms with Gasteiger partial charge in [0, 0.05) is 0 Å². The molecule has 3 nitrogen and oxygen atoms in total. The lowest BCUT2D eigenvalue weighted by Gasteiger charge is -2.02. The molecular formula is C12H10Cl2O3. The number of ketones is 1. The third-order valence-electron chi connectivity index (χ3n) is 2.04. The molecule has 0 fully saturated rings. The highest BCUT2D eigenvalue weighted by Crippen LogP contribution is 2.23. The van der Waals surface area contributed by atoms with E-state index in [1.807, 2.05) is 0 Å². The van der Waals surface area contributed by atoms with Crippen molar-refractivity contribution in [1.29, 1.82) is 0 Å². The normalized spacial score (nSPS) is 11.2. The zero-order valence-corrected chi connectivity index (χ0v) is 10.8. The van der Waals surface area contributed by atoms with Crippen molar-refractivity contribution in [2.75, 3.05) is 7.11 Å². The SMILES string of the molecule is COC(=O)/C(=C\c1ccc(Cl)c(Cl)c1)C(C)=O. The van der Waals surface area contributed by atoms with E-state index in [-0.39, 0.29) is 11.4 Å². The Balaban J connectivity index is 3.17. The summed E-state index contributed by atoms with van der Waals surface area (Å²) in [6.45, 7) is 1.29. The van der Waals surface area contributed by atoms with E-state index in [1.54, 1.807) is 18.2 Å². The smallest absolute Gasteiger partial charge is 0.341 e. The number of carbonyl (C=O) groups is 2. The molecule has 0 saturated carbocycles. The predicted octanol–water partition coefficient (Wildman–Crippen LogP) is 3.14. The summed E-state index contributed by atoms with van der Waals surface area (Å²) in [5.74, 6) is -1.05. The Labute approximate surface area is 109 Å². The Morgan fingerprint density at radius 3 is 2.35 bits per heavy atom. The van der Waals surface area contributed by atoms with Gasteiger partial charge >= 0.3 is 5.97 Å². The van der Waals surface area contributed by atoms with Crippen LogP contribution in [-0.2, 0) is 14.3 Å². The van der Waals surface area contributed by atoms with Gasteiger partial charge in [0.1, 0.15) is 5.57 Å². The maximum absolute atomic E-state index is 11.3. The quantitative estimate of drug-likeness (QED) is 0.368. The first-order valence-corrected chi connectivity index (χ1v) is 5.47. The number of benzene rings is 1. The van der Waals surface area contributed by atoms with Crippen molar-refractivity contribution >= 4 is 41.0 Å². The number of carbonyl (C=O) groups excluding carboxylic acids is 2. The zero-order valence-electron chi connectivity index (χ0n) is 9.29. The lowest BCUT2D eigenvalue weighted by molar-refractivity contribution is -0.137. The molecule has 1 aromatic rings. The fraction of sp³-hybridized carbons (Fsp3) is 0.167. The summed E-state index contributed by atoms with van der Waals surface area (Å²) in [7, 11) is 1.22. The highest BCUT2D eigenvalue weighted by molar-refractivity contribution is 6.42. The molecule has 0 atom stereocenters. The van der Waals surface area contributed by atoms with Gasteiger partial charge in [-0.05, 0) is 30.7 Å². The van der Waals surface area contributed by atoms with Gasteiger partial charge in [-0.3, -0.25) is 4.79 Å². The van der Waals surface area contributed by atoms with Gasteiger partial charge in [0.15, 0.2) is 5.78 Å². The standard InChI is InChI=1S/C12H10Cl2O3/c1-7(15)9(12(16)17-2)5-8-3-4-10(13)11(14)6-8/h3-6H,1-2H3/b9-5-. The first-order chi connectivity index (χ1) is 7.95. The van der Waals surface area contributed by atoms with Crippen molar-refractivity contribution in [2.45, 2.75) is 6.92 Å². The molecule has 5 heteroatoms. The van der Waals surface area contributed by atoms with Crippen LogP contribution in [0.25, 0.3) is 6.08 Å². The maximum atomic E-state index is 11.3. The first kappa shape index (κ1) is 13.7. The Kier molecular flexibility index (Phi) is 4.73. The average Bonchev–Trinajstić information content (AvgIpc) is 2.29. The number of esters is 1. The predicted molar refractivity (Wildman–Crippen MR) is 67.1 cm³/mol. The van der Waals surface area contributed by atoms with Gasteiger partial charge in [-0.25, -0.2) is 4.79 Å². The molecule has 0 aliphatic rings. The molecule has 0 aliphatic carbocycles. The second-order valence-electron chi connectivity index (χ2n) is 3.28. The summed E-state index contributed by atoms with van der Waals surface area (Å²) in [6.07, 6.45) is 1.41. The second-order valence-corrected chi connectivity index (χ2v) is 4.09. The van der Waals surface area contributed by atoms with Gasteiger partial charge in [0.25, 0.3) is 0 Å². The third kappa shape index (κ3) is 3.58. The topological polar surface area (TPSA) is 43.4 Å². The van der Waals surface area contributed by atoms with Crippen molar-refractivity contribution in [3.05, 3.63) is 39.4 Å². The highest BCUT2D eigenvalue weighted by atomic mass is 35.5. The van der Waals surface area contributed by atoms with Crippen LogP contribution < -0.4 is 0 Å². The molecule has 0 N–H and O–H groups in total. The van der Waals surface area contributed by atoms with Crippen molar-refractivity contribution in [1.82, 2.24) is 0 Å². The first-order valence-electron chi connectivity index (χ1n) is 4.71. The van der Waals surface area contributed by atoms with Gasteiger partial charge in [-0.15, -0.1) is 0 Å². The van der Waals surface area contributed by atoms with E-state index in [9.17, 15) is 9.59 Å². The Bertz CT molecular complexity index is 493. The Hall–Kier alpha value is -1.32. The summed E-state index contributed by atoms with van der Waals surface area (Å²) in [5, 5.41) is 0.763. The van der Waals surface area contributed by atoms with Gasteiger partial charge in [-0.2, -0.15) is 0 Å². The molecule has 0 aromatic heterocycles. The lowest BCUT2D eigenvalue weighted by Crippen LogP contribution is -2.11. The molecule has 1 rings (SSSR count). The van der Waals surface area contributed by atoms with Crippen LogP contribution in [0.2, 0.25) is 10.0 Å². The van der Waals surface area contributed by atoms with E-state index in [0.29, 0.717) is 15.6 Å². The fourth-order valence-electron chi connectivity index (χ4n) is 1.18.